The average Bonchev–Trinajstić information content (AvgIpc) is 2.77. The van der Waals surface area contributed by atoms with Gasteiger partial charge in [-0.05, 0) is 24.3 Å². The molecule has 0 fully saturated rings. The number of benzene rings is 2. The Morgan fingerprint density at radius 3 is 1.14 bits per heavy atom. The van der Waals surface area contributed by atoms with Crippen LogP contribution in [0.4, 0.5) is 26.3 Å². The topological polar surface area (TPSA) is 137 Å². The first-order valence-electron chi connectivity index (χ1n) is 9.04. The first-order chi connectivity index (χ1) is 16.1. The molecule has 36 heavy (non-hydrogen) atoms. The molecule has 0 aromatic heterocycles. The van der Waals surface area contributed by atoms with Crippen molar-refractivity contribution in [3.05, 3.63) is 77.2 Å². The van der Waals surface area contributed by atoms with E-state index >= 15 is 0 Å². The fourth-order valence-electron chi connectivity index (χ4n) is 1.55. The standard InChI is InChI=1S/C12H10I.2C3H5F3NO3S.Na/c1-3-7-11(8-4-1)13-12-9-5-2-6-10-12;2*4-3(5,6)11(9,10)7-1-2-8;/h1-10H;2*8H,1-2H2;/q+1;2*-1;+1. The minimum atomic E-state index is -5.39. The second kappa shape index (κ2) is 17.9. The number of aliphatic hydroxyl groups excluding tert-OH is 2. The van der Waals surface area contributed by atoms with Gasteiger partial charge in [-0.1, -0.05) is 36.4 Å². The zero-order valence-corrected chi connectivity index (χ0v) is 24.3. The van der Waals surface area contributed by atoms with Crippen LogP contribution in [0.25, 0.3) is 9.44 Å². The molecule has 2 rings (SSSR count). The van der Waals surface area contributed by atoms with Crippen molar-refractivity contribution >= 4 is 20.0 Å². The van der Waals surface area contributed by atoms with Crippen LogP contribution in [0, 0.1) is 7.14 Å². The molecule has 8 nitrogen and oxygen atoms in total. The smallest absolute Gasteiger partial charge is 0.539 e. The van der Waals surface area contributed by atoms with Gasteiger partial charge in [0.1, 0.15) is 0 Å². The summed E-state index contributed by atoms with van der Waals surface area (Å²) in [7, 11) is -10.8. The van der Waals surface area contributed by atoms with E-state index in [9.17, 15) is 43.2 Å². The van der Waals surface area contributed by atoms with Gasteiger partial charge in [-0.15, -0.1) is 13.1 Å². The third-order valence-corrected chi connectivity index (χ3v) is 7.89. The van der Waals surface area contributed by atoms with E-state index in [0.29, 0.717) is 0 Å². The molecule has 0 saturated heterocycles. The summed E-state index contributed by atoms with van der Waals surface area (Å²) < 4.78 is 116. The Balaban J connectivity index is 0. The molecule has 0 unspecified atom stereocenters. The SMILES string of the molecule is O=S(=O)([N-]CCO)C(F)(F)F.O=S(=O)([N-]CCO)C(F)(F)F.[Na+].c1ccc([I+]c2ccccc2)cc1. The molecule has 200 valence electrons. The van der Waals surface area contributed by atoms with Crippen molar-refractivity contribution in [1.82, 2.24) is 0 Å². The normalized spacial score (nSPS) is 11.8. The molecule has 0 radical (unpaired) electrons. The van der Waals surface area contributed by atoms with Gasteiger partial charge in [0, 0.05) is 13.2 Å². The Bertz CT molecular complexity index is 975. The van der Waals surface area contributed by atoms with Crippen LogP contribution in [0.3, 0.4) is 0 Å². The third-order valence-electron chi connectivity index (χ3n) is 2.99. The number of nitrogens with zero attached hydrogens (tertiary/aromatic N) is 2. The average molecular weight is 688 g/mol. The number of halogens is 7. The first kappa shape index (κ1) is 37.6. The van der Waals surface area contributed by atoms with Gasteiger partial charge in [-0.25, -0.2) is 16.8 Å². The van der Waals surface area contributed by atoms with E-state index < -0.39 is 57.4 Å². The Morgan fingerprint density at radius 2 is 0.917 bits per heavy atom. The molecule has 0 atom stereocenters. The first-order valence-corrected chi connectivity index (χ1v) is 14.1. The van der Waals surface area contributed by atoms with Gasteiger partial charge >= 0.3 is 61.8 Å². The van der Waals surface area contributed by atoms with Crippen LogP contribution in [0.15, 0.2) is 60.7 Å². The molecular weight excluding hydrogens is 668 g/mol. The van der Waals surface area contributed by atoms with Gasteiger partial charge in [0.05, 0.1) is 0 Å². The molecular formula is C18H20F6IN2NaO6S2. The summed E-state index contributed by atoms with van der Waals surface area (Å²) in [6.07, 6.45) is 0. The van der Waals surface area contributed by atoms with Crippen molar-refractivity contribution in [2.24, 2.45) is 0 Å². The predicted molar refractivity (Wildman–Crippen MR) is 111 cm³/mol. The Kier molecular flexibility index (Phi) is 18.7. The van der Waals surface area contributed by atoms with Crippen molar-refractivity contribution in [1.29, 1.82) is 0 Å². The molecule has 0 bridgehead atoms. The quantitative estimate of drug-likeness (QED) is 0.175. The van der Waals surface area contributed by atoms with Gasteiger partial charge < -0.3 is 19.7 Å². The third kappa shape index (κ3) is 15.7. The van der Waals surface area contributed by atoms with Crippen LogP contribution in [-0.4, -0.2) is 64.4 Å². The fourth-order valence-corrected chi connectivity index (χ4v) is 4.76. The van der Waals surface area contributed by atoms with Crippen molar-refractivity contribution in [2.75, 3.05) is 26.3 Å². The monoisotopic (exact) mass is 688 g/mol. The number of rotatable bonds is 8. The van der Waals surface area contributed by atoms with Crippen molar-refractivity contribution < 1.29 is 104 Å². The van der Waals surface area contributed by atoms with Crippen LogP contribution in [0.5, 0.6) is 0 Å². The van der Waals surface area contributed by atoms with Crippen LogP contribution < -0.4 is 50.8 Å². The molecule has 2 aromatic rings. The molecule has 0 spiro atoms. The summed E-state index contributed by atoms with van der Waals surface area (Å²) in [5.41, 5.74) is -10.7. The minimum absolute atomic E-state index is 0. The van der Waals surface area contributed by atoms with Gasteiger partial charge in [0.25, 0.3) is 0 Å². The molecule has 18 heteroatoms. The summed E-state index contributed by atoms with van der Waals surface area (Å²) in [6.45, 7) is -2.98. The molecule has 2 N–H and O–H groups in total. The maximum absolute atomic E-state index is 11.4. The van der Waals surface area contributed by atoms with Crippen LogP contribution >= 0.6 is 0 Å². The van der Waals surface area contributed by atoms with E-state index in [1.165, 1.54) is 7.14 Å². The van der Waals surface area contributed by atoms with Gasteiger partial charge in [0.2, 0.25) is 0 Å². The van der Waals surface area contributed by atoms with Crippen molar-refractivity contribution in [3.63, 3.8) is 0 Å². The molecule has 0 aliphatic heterocycles. The fraction of sp³-hybridized carbons (Fsp3) is 0.333. The molecule has 2 aromatic carbocycles. The molecule has 0 heterocycles. The van der Waals surface area contributed by atoms with Gasteiger partial charge in [-0.3, -0.25) is 0 Å². The molecule has 0 aliphatic rings. The maximum atomic E-state index is 11.4. The molecule has 0 amide bonds. The Hall–Kier alpha value is -0.510. The van der Waals surface area contributed by atoms with Gasteiger partial charge in [0.15, 0.2) is 27.2 Å². The number of aliphatic hydroxyl groups is 2. The summed E-state index contributed by atoms with van der Waals surface area (Å²) in [5, 5.41) is 15.9. The van der Waals surface area contributed by atoms with Crippen molar-refractivity contribution in [3.8, 4) is 0 Å². The van der Waals surface area contributed by atoms with E-state index in [2.05, 4.69) is 70.1 Å². The predicted octanol–water partition coefficient (Wildman–Crippen LogP) is -2.78. The largest absolute Gasteiger partial charge is 1.00 e. The van der Waals surface area contributed by atoms with Crippen molar-refractivity contribution in [2.45, 2.75) is 11.0 Å². The number of alkyl halides is 6. The van der Waals surface area contributed by atoms with E-state index in [1.54, 1.807) is 0 Å². The molecule has 0 saturated carbocycles. The van der Waals surface area contributed by atoms with Crippen LogP contribution in [0.2, 0.25) is 0 Å². The minimum Gasteiger partial charge on any atom is -0.539 e. The maximum Gasteiger partial charge on any atom is 1.00 e. The molecule has 0 aliphatic carbocycles. The second-order valence-electron chi connectivity index (χ2n) is 5.68. The number of hydrogen-bond donors (Lipinski definition) is 2. The summed E-state index contributed by atoms with van der Waals surface area (Å²) in [6, 6.07) is 21.4. The Labute approximate surface area is 237 Å². The van der Waals surface area contributed by atoms with Crippen LogP contribution in [0.1, 0.15) is 0 Å². The van der Waals surface area contributed by atoms with Crippen LogP contribution in [-0.2, 0) is 20.0 Å². The van der Waals surface area contributed by atoms with Gasteiger partial charge in [-0.2, -0.15) is 26.3 Å². The summed E-state index contributed by atoms with van der Waals surface area (Å²) in [4.78, 5) is 0. The van der Waals surface area contributed by atoms with E-state index in [1.807, 2.05) is 0 Å². The zero-order valence-electron chi connectivity index (χ0n) is 18.5. The van der Waals surface area contributed by atoms with E-state index in [-0.39, 0.29) is 50.8 Å². The summed E-state index contributed by atoms with van der Waals surface area (Å²) in [5.74, 6) is 0. The number of hydrogen-bond acceptors (Lipinski definition) is 6. The summed E-state index contributed by atoms with van der Waals surface area (Å²) >= 11 is 0.0287. The second-order valence-corrected chi connectivity index (χ2v) is 12.1. The zero-order chi connectivity index (χ0) is 27.2. The van der Waals surface area contributed by atoms with E-state index in [4.69, 9.17) is 10.2 Å². The number of sulfonamides is 2. The van der Waals surface area contributed by atoms with E-state index in [0.717, 1.165) is 0 Å². The Morgan fingerprint density at radius 1 is 0.639 bits per heavy atom.